The van der Waals surface area contributed by atoms with Crippen molar-refractivity contribution in [1.29, 1.82) is 0 Å². The number of benzene rings is 2. The molecule has 27 heavy (non-hydrogen) atoms. The van der Waals surface area contributed by atoms with Crippen LogP contribution in [-0.2, 0) is 12.0 Å². The SMILES string of the molecule is COc1cc2c(=O)n(CC3(c4ccccc4)CC3)cnc2c(OC)c1OC. The smallest absolute Gasteiger partial charge is 0.261 e. The molecule has 1 aliphatic rings. The molecular weight excluding hydrogens is 344 g/mol. The molecule has 1 saturated carbocycles. The zero-order valence-corrected chi connectivity index (χ0v) is 15.7. The fraction of sp³-hybridized carbons (Fsp3) is 0.333. The van der Waals surface area contributed by atoms with Crippen molar-refractivity contribution >= 4 is 10.9 Å². The van der Waals surface area contributed by atoms with Crippen LogP contribution in [-0.4, -0.2) is 30.9 Å². The highest BCUT2D eigenvalue weighted by Crippen LogP contribution is 2.49. The highest BCUT2D eigenvalue weighted by molar-refractivity contribution is 5.89. The summed E-state index contributed by atoms with van der Waals surface area (Å²) in [7, 11) is 4.59. The fourth-order valence-corrected chi connectivity index (χ4v) is 3.69. The first-order valence-corrected chi connectivity index (χ1v) is 8.87. The maximum absolute atomic E-state index is 13.2. The third kappa shape index (κ3) is 2.81. The lowest BCUT2D eigenvalue weighted by atomic mass is 9.96. The standard InChI is InChI=1S/C21H22N2O4/c1-25-16-11-15-17(19(27-3)18(16)26-2)22-13-23(20(15)24)12-21(9-10-21)14-7-5-4-6-8-14/h4-8,11,13H,9-10,12H2,1-3H3. The van der Waals surface area contributed by atoms with Gasteiger partial charge in [-0.15, -0.1) is 0 Å². The molecule has 0 atom stereocenters. The Hall–Kier alpha value is -3.02. The molecular formula is C21H22N2O4. The molecule has 0 N–H and O–H groups in total. The average molecular weight is 366 g/mol. The van der Waals surface area contributed by atoms with Crippen molar-refractivity contribution < 1.29 is 14.2 Å². The lowest BCUT2D eigenvalue weighted by molar-refractivity contribution is 0.326. The van der Waals surface area contributed by atoms with Crippen molar-refractivity contribution in [3.63, 3.8) is 0 Å². The van der Waals surface area contributed by atoms with Gasteiger partial charge in [-0.25, -0.2) is 4.98 Å². The minimum atomic E-state index is -0.110. The van der Waals surface area contributed by atoms with Gasteiger partial charge in [0.05, 0.1) is 33.0 Å². The minimum absolute atomic E-state index is 0.0150. The van der Waals surface area contributed by atoms with E-state index in [4.69, 9.17) is 14.2 Å². The summed E-state index contributed by atoms with van der Waals surface area (Å²) in [5.74, 6) is 1.28. The van der Waals surface area contributed by atoms with Gasteiger partial charge in [0.2, 0.25) is 5.75 Å². The molecule has 2 aromatic carbocycles. The van der Waals surface area contributed by atoms with Gasteiger partial charge in [0.1, 0.15) is 5.52 Å². The van der Waals surface area contributed by atoms with Gasteiger partial charge in [0.25, 0.3) is 5.56 Å². The monoisotopic (exact) mass is 366 g/mol. The van der Waals surface area contributed by atoms with Crippen LogP contribution in [0.4, 0.5) is 0 Å². The predicted octanol–water partition coefficient (Wildman–Crippen LogP) is 3.15. The summed E-state index contributed by atoms with van der Waals surface area (Å²) in [5.41, 5.74) is 1.64. The molecule has 1 fully saturated rings. The van der Waals surface area contributed by atoms with E-state index in [9.17, 15) is 4.79 Å². The first-order valence-electron chi connectivity index (χ1n) is 8.87. The Morgan fingerprint density at radius 1 is 1.04 bits per heavy atom. The second-order valence-corrected chi connectivity index (χ2v) is 6.87. The Kier molecular flexibility index (Phi) is 4.26. The van der Waals surface area contributed by atoms with Gasteiger partial charge in [-0.3, -0.25) is 9.36 Å². The molecule has 1 aliphatic carbocycles. The molecule has 0 bridgehead atoms. The Morgan fingerprint density at radius 3 is 2.33 bits per heavy atom. The quantitative estimate of drug-likeness (QED) is 0.671. The van der Waals surface area contributed by atoms with Crippen LogP contribution >= 0.6 is 0 Å². The Bertz CT molecular complexity index is 1040. The minimum Gasteiger partial charge on any atom is -0.493 e. The van der Waals surface area contributed by atoms with Crippen molar-refractivity contribution in [3.05, 3.63) is 58.6 Å². The molecule has 0 amide bonds. The molecule has 6 nitrogen and oxygen atoms in total. The maximum Gasteiger partial charge on any atom is 0.261 e. The van der Waals surface area contributed by atoms with Crippen LogP contribution in [0.3, 0.4) is 0 Å². The summed E-state index contributed by atoms with van der Waals surface area (Å²) in [6, 6.07) is 12.0. The van der Waals surface area contributed by atoms with Crippen LogP contribution in [0.1, 0.15) is 18.4 Å². The number of hydrogen-bond acceptors (Lipinski definition) is 5. The van der Waals surface area contributed by atoms with Crippen LogP contribution in [0.2, 0.25) is 0 Å². The molecule has 1 aromatic heterocycles. The molecule has 0 radical (unpaired) electrons. The van der Waals surface area contributed by atoms with Gasteiger partial charge in [0.15, 0.2) is 11.5 Å². The van der Waals surface area contributed by atoms with E-state index in [1.54, 1.807) is 17.0 Å². The average Bonchev–Trinajstić information content (AvgIpc) is 3.50. The number of ether oxygens (including phenoxy) is 3. The van der Waals surface area contributed by atoms with Crippen molar-refractivity contribution in [2.24, 2.45) is 0 Å². The van der Waals surface area contributed by atoms with Gasteiger partial charge >= 0.3 is 0 Å². The lowest BCUT2D eigenvalue weighted by Crippen LogP contribution is -2.27. The Balaban J connectivity index is 1.82. The summed E-state index contributed by atoms with van der Waals surface area (Å²) in [6.45, 7) is 0.607. The van der Waals surface area contributed by atoms with Gasteiger partial charge in [-0.2, -0.15) is 0 Å². The highest BCUT2D eigenvalue weighted by atomic mass is 16.5. The Morgan fingerprint density at radius 2 is 1.74 bits per heavy atom. The van der Waals surface area contributed by atoms with Crippen LogP contribution in [0.25, 0.3) is 10.9 Å². The third-order valence-corrected chi connectivity index (χ3v) is 5.33. The number of rotatable bonds is 6. The van der Waals surface area contributed by atoms with Crippen LogP contribution < -0.4 is 19.8 Å². The van der Waals surface area contributed by atoms with Crippen molar-refractivity contribution in [3.8, 4) is 17.2 Å². The maximum atomic E-state index is 13.2. The van der Waals surface area contributed by atoms with Gasteiger partial charge in [0, 0.05) is 12.0 Å². The summed E-state index contributed by atoms with van der Waals surface area (Å²) < 4.78 is 17.9. The molecule has 0 unspecified atom stereocenters. The van der Waals surface area contributed by atoms with Gasteiger partial charge in [-0.1, -0.05) is 30.3 Å². The van der Waals surface area contributed by atoms with Crippen LogP contribution in [0.5, 0.6) is 17.2 Å². The van der Waals surface area contributed by atoms with E-state index in [0.29, 0.717) is 34.7 Å². The summed E-state index contributed by atoms with van der Waals surface area (Å²) >= 11 is 0. The number of fused-ring (bicyclic) bond motifs is 1. The normalized spacial score (nSPS) is 14.8. The van der Waals surface area contributed by atoms with E-state index in [1.165, 1.54) is 26.9 Å². The van der Waals surface area contributed by atoms with Gasteiger partial charge in [-0.05, 0) is 24.5 Å². The van der Waals surface area contributed by atoms with E-state index in [-0.39, 0.29) is 11.0 Å². The molecule has 0 spiro atoms. The van der Waals surface area contributed by atoms with E-state index in [1.807, 2.05) is 18.2 Å². The molecule has 3 aromatic rings. The first kappa shape index (κ1) is 17.4. The van der Waals surface area contributed by atoms with E-state index in [0.717, 1.165) is 12.8 Å². The zero-order chi connectivity index (χ0) is 19.0. The zero-order valence-electron chi connectivity index (χ0n) is 15.7. The highest BCUT2D eigenvalue weighted by Gasteiger charge is 2.44. The van der Waals surface area contributed by atoms with Crippen LogP contribution in [0.15, 0.2) is 47.5 Å². The topological polar surface area (TPSA) is 62.6 Å². The number of aromatic nitrogens is 2. The molecule has 4 rings (SSSR count). The Labute approximate surface area is 157 Å². The van der Waals surface area contributed by atoms with E-state index >= 15 is 0 Å². The van der Waals surface area contributed by atoms with Gasteiger partial charge < -0.3 is 14.2 Å². The largest absolute Gasteiger partial charge is 0.493 e. The van der Waals surface area contributed by atoms with Crippen molar-refractivity contribution in [2.45, 2.75) is 24.8 Å². The third-order valence-electron chi connectivity index (χ3n) is 5.33. The second kappa shape index (κ2) is 6.61. The number of methoxy groups -OCH3 is 3. The number of nitrogens with zero attached hydrogens (tertiary/aromatic N) is 2. The fourth-order valence-electron chi connectivity index (χ4n) is 3.69. The molecule has 0 aliphatic heterocycles. The lowest BCUT2D eigenvalue weighted by Gasteiger charge is -2.18. The van der Waals surface area contributed by atoms with E-state index < -0.39 is 0 Å². The molecule has 1 heterocycles. The van der Waals surface area contributed by atoms with Crippen molar-refractivity contribution in [2.75, 3.05) is 21.3 Å². The summed E-state index contributed by atoms with van der Waals surface area (Å²) in [4.78, 5) is 17.7. The molecule has 0 saturated heterocycles. The first-order chi connectivity index (χ1) is 13.1. The molecule has 6 heteroatoms. The van der Waals surface area contributed by atoms with Crippen LogP contribution in [0, 0.1) is 0 Å². The summed E-state index contributed by atoms with van der Waals surface area (Å²) in [5, 5.41) is 0.455. The number of hydrogen-bond donors (Lipinski definition) is 0. The predicted molar refractivity (Wildman–Crippen MR) is 103 cm³/mol. The molecule has 140 valence electrons. The van der Waals surface area contributed by atoms with E-state index in [2.05, 4.69) is 17.1 Å². The summed E-state index contributed by atoms with van der Waals surface area (Å²) in [6.07, 6.45) is 3.73. The second-order valence-electron chi connectivity index (χ2n) is 6.87. The van der Waals surface area contributed by atoms with Crippen molar-refractivity contribution in [1.82, 2.24) is 9.55 Å².